The van der Waals surface area contributed by atoms with E-state index in [1.807, 2.05) is 6.07 Å². The summed E-state index contributed by atoms with van der Waals surface area (Å²) < 4.78 is 21.1. The Morgan fingerprint density at radius 3 is 2.79 bits per heavy atom. The smallest absolute Gasteiger partial charge is 0.231 e. The zero-order valence-corrected chi connectivity index (χ0v) is 11.0. The van der Waals surface area contributed by atoms with Crippen molar-refractivity contribution in [1.82, 2.24) is 5.32 Å². The summed E-state index contributed by atoms with van der Waals surface area (Å²) in [4.78, 5) is 0. The van der Waals surface area contributed by atoms with E-state index in [0.29, 0.717) is 24.7 Å². The molecule has 1 aliphatic rings. The summed E-state index contributed by atoms with van der Waals surface area (Å²) in [7, 11) is 1.66. The van der Waals surface area contributed by atoms with Crippen LogP contribution in [0.25, 0.3) is 0 Å². The van der Waals surface area contributed by atoms with Crippen molar-refractivity contribution in [3.8, 4) is 17.2 Å². The molecule has 0 saturated carbocycles. The second-order valence-corrected chi connectivity index (χ2v) is 4.05. The van der Waals surface area contributed by atoms with E-state index in [9.17, 15) is 0 Å². The lowest BCUT2D eigenvalue weighted by molar-refractivity contribution is 0.173. The van der Waals surface area contributed by atoms with Crippen LogP contribution in [0.15, 0.2) is 12.1 Å². The van der Waals surface area contributed by atoms with Gasteiger partial charge in [-0.3, -0.25) is 0 Å². The molecule has 0 unspecified atom stereocenters. The molecule has 1 heterocycles. The molecule has 0 fully saturated rings. The summed E-state index contributed by atoms with van der Waals surface area (Å²) in [6, 6.07) is 3.69. The van der Waals surface area contributed by atoms with Gasteiger partial charge in [-0.15, -0.1) is 0 Å². The molecule has 0 amide bonds. The Balaban J connectivity index is 2.05. The highest BCUT2D eigenvalue weighted by Crippen LogP contribution is 2.38. The molecule has 0 aliphatic carbocycles. The van der Waals surface area contributed by atoms with Crippen LogP contribution >= 0.6 is 0 Å². The third-order valence-corrected chi connectivity index (χ3v) is 2.70. The molecule has 2 rings (SSSR count). The summed E-state index contributed by atoms with van der Waals surface area (Å²) in [5, 5.41) is 12.1. The Morgan fingerprint density at radius 1 is 1.26 bits per heavy atom. The first-order valence-corrected chi connectivity index (χ1v) is 6.21. The van der Waals surface area contributed by atoms with Crippen molar-refractivity contribution in [2.45, 2.75) is 6.54 Å². The highest BCUT2D eigenvalue weighted by atomic mass is 16.7. The van der Waals surface area contributed by atoms with Gasteiger partial charge in [-0.2, -0.15) is 0 Å². The Labute approximate surface area is 112 Å². The van der Waals surface area contributed by atoms with Crippen LogP contribution in [0.2, 0.25) is 0 Å². The van der Waals surface area contributed by atoms with Crippen LogP contribution in [0.5, 0.6) is 17.2 Å². The SMILES string of the molecule is COCCNCc1cc2c(cc1OCCO)OCO2. The van der Waals surface area contributed by atoms with E-state index in [0.717, 1.165) is 17.9 Å². The molecule has 1 aromatic rings. The highest BCUT2D eigenvalue weighted by molar-refractivity contribution is 5.51. The Bertz CT molecular complexity index is 410. The lowest BCUT2D eigenvalue weighted by atomic mass is 10.1. The largest absolute Gasteiger partial charge is 0.491 e. The molecule has 6 nitrogen and oxygen atoms in total. The molecular formula is C13H19NO5. The summed E-state index contributed by atoms with van der Waals surface area (Å²) in [6.45, 7) is 2.51. The van der Waals surface area contributed by atoms with E-state index in [-0.39, 0.29) is 20.0 Å². The number of aliphatic hydroxyl groups is 1. The van der Waals surface area contributed by atoms with Gasteiger partial charge in [0.15, 0.2) is 11.5 Å². The van der Waals surface area contributed by atoms with Crippen LogP contribution < -0.4 is 19.5 Å². The Morgan fingerprint density at radius 2 is 2.05 bits per heavy atom. The summed E-state index contributed by atoms with van der Waals surface area (Å²) in [5.74, 6) is 2.09. The van der Waals surface area contributed by atoms with Crippen LogP contribution in [-0.4, -0.2) is 45.4 Å². The van der Waals surface area contributed by atoms with Gasteiger partial charge in [0.1, 0.15) is 12.4 Å². The minimum Gasteiger partial charge on any atom is -0.491 e. The lowest BCUT2D eigenvalue weighted by Crippen LogP contribution is -2.19. The van der Waals surface area contributed by atoms with E-state index in [1.54, 1.807) is 13.2 Å². The van der Waals surface area contributed by atoms with Crippen LogP contribution in [0, 0.1) is 0 Å². The third-order valence-electron chi connectivity index (χ3n) is 2.70. The van der Waals surface area contributed by atoms with E-state index in [4.69, 9.17) is 24.1 Å². The monoisotopic (exact) mass is 269 g/mol. The summed E-state index contributed by atoms with van der Waals surface area (Å²) in [6.07, 6.45) is 0. The predicted molar refractivity (Wildman–Crippen MR) is 68.7 cm³/mol. The predicted octanol–water partition coefficient (Wildman–Crippen LogP) is 0.522. The van der Waals surface area contributed by atoms with E-state index in [1.165, 1.54) is 0 Å². The second kappa shape index (κ2) is 7.18. The van der Waals surface area contributed by atoms with Crippen LogP contribution in [0.1, 0.15) is 5.56 Å². The molecule has 0 spiro atoms. The molecule has 0 radical (unpaired) electrons. The van der Waals surface area contributed by atoms with Gasteiger partial charge in [0, 0.05) is 31.8 Å². The normalized spacial score (nSPS) is 12.7. The van der Waals surface area contributed by atoms with Crippen molar-refractivity contribution >= 4 is 0 Å². The molecule has 1 aromatic carbocycles. The maximum absolute atomic E-state index is 8.84. The van der Waals surface area contributed by atoms with E-state index >= 15 is 0 Å². The number of ether oxygens (including phenoxy) is 4. The molecule has 2 N–H and O–H groups in total. The van der Waals surface area contributed by atoms with Gasteiger partial charge in [-0.1, -0.05) is 0 Å². The maximum Gasteiger partial charge on any atom is 0.231 e. The van der Waals surface area contributed by atoms with Crippen LogP contribution in [0.3, 0.4) is 0 Å². The minimum absolute atomic E-state index is 0.0228. The number of aliphatic hydroxyl groups excluding tert-OH is 1. The number of nitrogens with one attached hydrogen (secondary N) is 1. The summed E-state index contributed by atoms with van der Waals surface area (Å²) >= 11 is 0. The Kier molecular flexibility index (Phi) is 5.26. The molecule has 0 saturated heterocycles. The molecular weight excluding hydrogens is 250 g/mol. The first-order valence-electron chi connectivity index (χ1n) is 6.21. The molecule has 0 atom stereocenters. The molecule has 106 valence electrons. The molecule has 1 aliphatic heterocycles. The van der Waals surface area contributed by atoms with Gasteiger partial charge in [-0.25, -0.2) is 0 Å². The fourth-order valence-corrected chi connectivity index (χ4v) is 1.79. The highest BCUT2D eigenvalue weighted by Gasteiger charge is 2.17. The standard InChI is InChI=1S/C13H19NO5/c1-16-4-2-14-8-10-6-12-13(19-9-18-12)7-11(10)17-5-3-15/h6-7,14-15H,2-5,8-9H2,1H3. The first-order chi connectivity index (χ1) is 9.35. The number of hydrogen-bond donors (Lipinski definition) is 2. The van der Waals surface area contributed by atoms with Crippen LogP contribution in [-0.2, 0) is 11.3 Å². The average molecular weight is 269 g/mol. The van der Waals surface area contributed by atoms with Crippen molar-refractivity contribution in [3.05, 3.63) is 17.7 Å². The zero-order chi connectivity index (χ0) is 13.5. The average Bonchev–Trinajstić information content (AvgIpc) is 2.88. The van der Waals surface area contributed by atoms with Crippen molar-refractivity contribution in [1.29, 1.82) is 0 Å². The Hall–Kier alpha value is -1.50. The lowest BCUT2D eigenvalue weighted by Gasteiger charge is -2.12. The van der Waals surface area contributed by atoms with Gasteiger partial charge >= 0.3 is 0 Å². The van der Waals surface area contributed by atoms with Crippen LogP contribution in [0.4, 0.5) is 0 Å². The fourth-order valence-electron chi connectivity index (χ4n) is 1.79. The molecule has 6 heteroatoms. The van der Waals surface area contributed by atoms with Gasteiger partial charge < -0.3 is 29.4 Å². The van der Waals surface area contributed by atoms with Gasteiger partial charge in [0.05, 0.1) is 13.2 Å². The first kappa shape index (κ1) is 13.9. The number of hydrogen-bond acceptors (Lipinski definition) is 6. The molecule has 19 heavy (non-hydrogen) atoms. The second-order valence-electron chi connectivity index (χ2n) is 4.05. The minimum atomic E-state index is -0.0228. The van der Waals surface area contributed by atoms with E-state index < -0.39 is 0 Å². The van der Waals surface area contributed by atoms with Gasteiger partial charge in [-0.05, 0) is 6.07 Å². The number of benzene rings is 1. The molecule has 0 bridgehead atoms. The zero-order valence-electron chi connectivity index (χ0n) is 11.0. The summed E-state index contributed by atoms with van der Waals surface area (Å²) in [5.41, 5.74) is 0.966. The molecule has 0 aromatic heterocycles. The van der Waals surface area contributed by atoms with E-state index in [2.05, 4.69) is 5.32 Å². The topological polar surface area (TPSA) is 69.2 Å². The van der Waals surface area contributed by atoms with Crippen molar-refractivity contribution in [3.63, 3.8) is 0 Å². The van der Waals surface area contributed by atoms with Crippen molar-refractivity contribution < 1.29 is 24.1 Å². The van der Waals surface area contributed by atoms with Crippen molar-refractivity contribution in [2.75, 3.05) is 40.3 Å². The third kappa shape index (κ3) is 3.73. The van der Waals surface area contributed by atoms with Crippen molar-refractivity contribution in [2.24, 2.45) is 0 Å². The van der Waals surface area contributed by atoms with Gasteiger partial charge in [0.2, 0.25) is 6.79 Å². The van der Waals surface area contributed by atoms with Gasteiger partial charge in [0.25, 0.3) is 0 Å². The maximum atomic E-state index is 8.84. The number of fused-ring (bicyclic) bond motifs is 1. The number of rotatable bonds is 8. The quantitative estimate of drug-likeness (QED) is 0.671. The number of methoxy groups -OCH3 is 1. The fraction of sp³-hybridized carbons (Fsp3) is 0.538.